The highest BCUT2D eigenvalue weighted by molar-refractivity contribution is 6.23. The number of esters is 1. The third kappa shape index (κ3) is 11.0. The molecule has 2 N–H and O–H groups in total. The van der Waals surface area contributed by atoms with Crippen molar-refractivity contribution in [2.24, 2.45) is 0 Å². The molecule has 0 aliphatic carbocycles. The molecule has 0 fully saturated rings. The van der Waals surface area contributed by atoms with E-state index in [4.69, 9.17) is 19.4 Å². The van der Waals surface area contributed by atoms with Crippen molar-refractivity contribution in [3.8, 4) is 0 Å². The standard InChI is InChI=1S/C54H65F6N5O5/c1-9-10-11-12-13-14-15-16-17-18-21-70-34(7)46-32(5)42-26-41-31(4)38(19-20-45(66)69-8)49(63-41)48-50-47(33(6)43(64-50)25-39-29(2)30(3)40(61-39)27-44(46)62-42)51(67)65(52(48)68)28-35-22-36(53(55,56)57)24-37(23-35)54(58,59)60/h22-27,29-31,34,38,61,64H,9-21,28H2,1-8H3/t29?,30?,31-,34?,38-/m0/s1. The van der Waals surface area contributed by atoms with E-state index in [0.717, 1.165) is 41.1 Å². The first-order chi connectivity index (χ1) is 33.1. The van der Waals surface area contributed by atoms with E-state index < -0.39 is 65.2 Å². The second-order valence-corrected chi connectivity index (χ2v) is 19.5. The number of alkyl halides is 6. The lowest BCUT2D eigenvalue weighted by atomic mass is 9.84. The molecule has 6 heterocycles. The number of halogens is 6. The molecule has 2 aromatic heterocycles. The van der Waals surface area contributed by atoms with Crippen molar-refractivity contribution in [1.29, 1.82) is 0 Å². The monoisotopic (exact) mass is 977 g/mol. The van der Waals surface area contributed by atoms with Gasteiger partial charge in [0.1, 0.15) is 0 Å². The number of benzene rings is 1. The van der Waals surface area contributed by atoms with Gasteiger partial charge in [0.05, 0.1) is 64.6 Å². The first-order valence-corrected chi connectivity index (χ1v) is 24.7. The summed E-state index contributed by atoms with van der Waals surface area (Å²) >= 11 is 0. The number of nitrogens with one attached hydrogen (secondary N) is 2. The maximum absolute atomic E-state index is 15.1. The number of methoxy groups -OCH3 is 1. The molecule has 8 bridgehead atoms. The summed E-state index contributed by atoms with van der Waals surface area (Å²) in [6.07, 6.45) is 1.55. The van der Waals surface area contributed by atoms with Gasteiger partial charge in [0.15, 0.2) is 0 Å². The number of imide groups is 1. The number of H-pyrrole nitrogens is 2. The number of fused-ring (bicyclic) bond motifs is 8. The number of aryl methyl sites for hydroxylation is 1. The van der Waals surface area contributed by atoms with Crippen LogP contribution in [0.1, 0.15) is 219 Å². The summed E-state index contributed by atoms with van der Waals surface area (Å²) < 4.78 is 95.9. The first kappa shape index (κ1) is 52.3. The smallest absolute Gasteiger partial charge is 0.416 e. The summed E-state index contributed by atoms with van der Waals surface area (Å²) in [7, 11) is 1.26. The average molecular weight is 978 g/mol. The fraction of sp³-hybridized carbons (Fsp3) is 0.537. The zero-order valence-corrected chi connectivity index (χ0v) is 41.4. The van der Waals surface area contributed by atoms with Gasteiger partial charge in [0.2, 0.25) is 0 Å². The third-order valence-electron chi connectivity index (χ3n) is 14.7. The second kappa shape index (κ2) is 21.5. The maximum atomic E-state index is 15.1. The Morgan fingerprint density at radius 1 is 0.743 bits per heavy atom. The van der Waals surface area contributed by atoms with Gasteiger partial charge in [-0.05, 0) is 86.7 Å². The number of aromatic amines is 2. The van der Waals surface area contributed by atoms with Crippen LogP contribution in [-0.4, -0.2) is 62.4 Å². The number of carbonyl (C=O) groups excluding carboxylic acids is 3. The van der Waals surface area contributed by atoms with E-state index in [2.05, 4.69) is 36.8 Å². The molecule has 0 spiro atoms. The predicted octanol–water partition coefficient (Wildman–Crippen LogP) is 14.2. The molecule has 0 radical (unpaired) electrons. The summed E-state index contributed by atoms with van der Waals surface area (Å²) in [6.45, 7) is 13.7. The quantitative estimate of drug-likeness (QED) is 0.0562. The number of ether oxygens (including phenoxy) is 2. The Kier molecular flexibility index (Phi) is 16.0. The van der Waals surface area contributed by atoms with Crippen molar-refractivity contribution in [1.82, 2.24) is 24.8 Å². The molecule has 70 heavy (non-hydrogen) atoms. The van der Waals surface area contributed by atoms with Crippen molar-refractivity contribution >= 4 is 40.0 Å². The fourth-order valence-electron chi connectivity index (χ4n) is 10.3. The van der Waals surface area contributed by atoms with Gasteiger partial charge in [-0.15, -0.1) is 0 Å². The second-order valence-electron chi connectivity index (χ2n) is 19.5. The fourth-order valence-corrected chi connectivity index (χ4v) is 10.3. The lowest BCUT2D eigenvalue weighted by molar-refractivity contribution is -0.143. The zero-order chi connectivity index (χ0) is 50.8. The molecule has 7 rings (SSSR count). The summed E-state index contributed by atoms with van der Waals surface area (Å²) in [4.78, 5) is 60.3. The minimum absolute atomic E-state index is 0.00233. The highest BCUT2D eigenvalue weighted by Gasteiger charge is 2.43. The molecule has 2 amide bonds. The third-order valence-corrected chi connectivity index (χ3v) is 14.7. The van der Waals surface area contributed by atoms with Crippen LogP contribution in [0.5, 0.6) is 0 Å². The van der Waals surface area contributed by atoms with E-state index in [1.807, 2.05) is 32.9 Å². The summed E-state index contributed by atoms with van der Waals surface area (Å²) in [6, 6.07) is 6.81. The highest BCUT2D eigenvalue weighted by atomic mass is 19.4. The lowest BCUT2D eigenvalue weighted by Gasteiger charge is -2.27. The van der Waals surface area contributed by atoms with Gasteiger partial charge < -0.3 is 19.4 Å². The lowest BCUT2D eigenvalue weighted by Crippen LogP contribution is -2.40. The Labute approximate surface area is 405 Å². The number of allylic oxidation sites excluding steroid dienone is 1. The van der Waals surface area contributed by atoms with Gasteiger partial charge in [-0.3, -0.25) is 24.3 Å². The van der Waals surface area contributed by atoms with Crippen LogP contribution >= 0.6 is 0 Å². The topological polar surface area (TPSA) is 130 Å². The minimum atomic E-state index is -5.16. The minimum Gasteiger partial charge on any atom is -0.469 e. The van der Waals surface area contributed by atoms with E-state index in [9.17, 15) is 35.9 Å². The van der Waals surface area contributed by atoms with Crippen LogP contribution in [0.15, 0.2) is 36.4 Å². The molecule has 4 aliphatic heterocycles. The number of hydrogen-bond acceptors (Lipinski definition) is 7. The summed E-state index contributed by atoms with van der Waals surface area (Å²) in [5, 5.41) is 0. The van der Waals surface area contributed by atoms with Crippen LogP contribution in [-0.2, 0) is 33.2 Å². The van der Waals surface area contributed by atoms with Gasteiger partial charge in [0, 0.05) is 64.9 Å². The Morgan fingerprint density at radius 2 is 1.33 bits per heavy atom. The molecule has 16 heteroatoms. The van der Waals surface area contributed by atoms with Crippen LogP contribution in [0, 0.1) is 6.92 Å². The van der Waals surface area contributed by atoms with Gasteiger partial charge in [0.25, 0.3) is 11.8 Å². The molecule has 378 valence electrons. The normalized spacial score (nSPS) is 19.3. The molecule has 5 atom stereocenters. The van der Waals surface area contributed by atoms with Crippen LogP contribution in [0.2, 0.25) is 0 Å². The molecular weight excluding hydrogens is 913 g/mol. The molecular formula is C54H65F6N5O5. The Bertz CT molecular complexity index is 2680. The molecule has 1 aromatic carbocycles. The Balaban J connectivity index is 1.36. The Hall–Kier alpha value is -5.51. The number of aromatic nitrogens is 4. The Morgan fingerprint density at radius 3 is 1.93 bits per heavy atom. The van der Waals surface area contributed by atoms with Crippen molar-refractivity contribution in [3.05, 3.63) is 104 Å². The number of hydrogen-bond donors (Lipinski definition) is 2. The predicted molar refractivity (Wildman–Crippen MR) is 257 cm³/mol. The largest absolute Gasteiger partial charge is 0.469 e. The number of rotatable bonds is 18. The zero-order valence-electron chi connectivity index (χ0n) is 41.4. The first-order valence-electron chi connectivity index (χ1n) is 24.7. The van der Waals surface area contributed by atoms with Gasteiger partial charge in [-0.25, -0.2) is 4.98 Å². The number of amides is 2. The average Bonchev–Trinajstić information content (AvgIpc) is 3.98. The summed E-state index contributed by atoms with van der Waals surface area (Å²) in [5.74, 6) is -3.51. The van der Waals surface area contributed by atoms with Gasteiger partial charge >= 0.3 is 18.3 Å². The summed E-state index contributed by atoms with van der Waals surface area (Å²) in [5.41, 5.74) is 2.83. The van der Waals surface area contributed by atoms with E-state index in [1.165, 1.54) is 58.5 Å². The van der Waals surface area contributed by atoms with Crippen molar-refractivity contribution in [2.45, 2.75) is 174 Å². The van der Waals surface area contributed by atoms with Crippen molar-refractivity contribution < 1.29 is 50.2 Å². The molecule has 0 saturated heterocycles. The molecule has 10 nitrogen and oxygen atoms in total. The molecule has 4 aliphatic rings. The molecule has 0 saturated carbocycles. The van der Waals surface area contributed by atoms with Gasteiger partial charge in [-0.1, -0.05) is 85.5 Å². The number of nitrogens with zero attached hydrogens (tertiary/aromatic N) is 3. The van der Waals surface area contributed by atoms with E-state index >= 15 is 4.79 Å². The number of unbranched alkanes of at least 4 members (excludes halogenated alkanes) is 9. The van der Waals surface area contributed by atoms with Crippen LogP contribution < -0.4 is 0 Å². The van der Waals surface area contributed by atoms with Crippen LogP contribution in [0.3, 0.4) is 0 Å². The van der Waals surface area contributed by atoms with Crippen molar-refractivity contribution in [2.75, 3.05) is 13.7 Å². The number of carbonyl (C=O) groups is 3. The van der Waals surface area contributed by atoms with E-state index in [1.54, 1.807) is 6.92 Å². The van der Waals surface area contributed by atoms with Crippen LogP contribution in [0.4, 0.5) is 26.3 Å². The van der Waals surface area contributed by atoms with Crippen molar-refractivity contribution in [3.63, 3.8) is 0 Å². The van der Waals surface area contributed by atoms with Gasteiger partial charge in [-0.2, -0.15) is 26.3 Å². The molecule has 3 unspecified atom stereocenters. The van der Waals surface area contributed by atoms with Crippen LogP contribution in [0.25, 0.3) is 22.2 Å². The maximum Gasteiger partial charge on any atom is 0.416 e. The highest BCUT2D eigenvalue weighted by Crippen LogP contribution is 2.46. The van der Waals surface area contributed by atoms with E-state index in [0.29, 0.717) is 46.1 Å². The molecule has 3 aromatic rings. The SMILES string of the molecule is CCCCCCCCCCCCOC(C)C1=C(C)c2cc3nc(c4c5[nH]c(cc6[nH]c(cc1n2)C(C)C6C)c(C)c5C(=O)N(Cc1cc(C(F)(F)F)cc(C(F)(F)F)c1)C4=O)[C@@H](CCC(=O)OC)[C@@H]3C. The van der Waals surface area contributed by atoms with E-state index in [-0.39, 0.29) is 59.2 Å².